The van der Waals surface area contributed by atoms with Gasteiger partial charge in [0.25, 0.3) is 0 Å². The van der Waals surface area contributed by atoms with Crippen molar-refractivity contribution in [3.63, 3.8) is 0 Å². The summed E-state index contributed by atoms with van der Waals surface area (Å²) in [7, 11) is 0. The van der Waals surface area contributed by atoms with Gasteiger partial charge in [-0.3, -0.25) is 4.79 Å². The summed E-state index contributed by atoms with van der Waals surface area (Å²) in [6.45, 7) is 7.98. The number of benzene rings is 2. The van der Waals surface area contributed by atoms with E-state index in [0.717, 1.165) is 23.2 Å². The van der Waals surface area contributed by atoms with Crippen molar-refractivity contribution in [2.75, 3.05) is 17.7 Å². The molecule has 0 fully saturated rings. The molecule has 1 heterocycles. The lowest BCUT2D eigenvalue weighted by atomic mass is 9.81. The molecule has 1 unspecified atom stereocenters. The standard InChI is InChI=1S/C28H30ClN3O3S/c1-5-9-23-26(28(34)35-6-2)25(20-10-7-8-11-22(20)29)21(15-30)27(32-23)36-16-24(33)31-19-13-12-17(3)18(4)14-19/h7-8,10-14,25,32H,5-6,9,16H2,1-4H3,(H,31,33). The lowest BCUT2D eigenvalue weighted by Crippen LogP contribution is -2.30. The van der Waals surface area contributed by atoms with Crippen molar-refractivity contribution in [2.24, 2.45) is 0 Å². The Kier molecular flexibility index (Phi) is 9.63. The molecule has 1 aliphatic heterocycles. The van der Waals surface area contributed by atoms with Crippen LogP contribution in [0.5, 0.6) is 0 Å². The van der Waals surface area contributed by atoms with Crippen LogP contribution in [0.3, 0.4) is 0 Å². The Morgan fingerprint density at radius 1 is 1.17 bits per heavy atom. The van der Waals surface area contributed by atoms with E-state index < -0.39 is 11.9 Å². The fourth-order valence-electron chi connectivity index (χ4n) is 4.02. The number of esters is 1. The van der Waals surface area contributed by atoms with Gasteiger partial charge in [0.15, 0.2) is 0 Å². The lowest BCUT2D eigenvalue weighted by Gasteiger charge is -2.31. The van der Waals surface area contributed by atoms with Gasteiger partial charge >= 0.3 is 5.97 Å². The zero-order chi connectivity index (χ0) is 26.2. The van der Waals surface area contributed by atoms with Crippen molar-refractivity contribution in [3.8, 4) is 6.07 Å². The minimum atomic E-state index is -0.698. The quantitative estimate of drug-likeness (QED) is 0.371. The summed E-state index contributed by atoms with van der Waals surface area (Å²) in [6, 6.07) is 15.2. The maximum Gasteiger partial charge on any atom is 0.336 e. The van der Waals surface area contributed by atoms with E-state index in [1.807, 2.05) is 51.1 Å². The van der Waals surface area contributed by atoms with Crippen LogP contribution in [-0.4, -0.2) is 24.2 Å². The number of amides is 1. The molecular formula is C28H30ClN3O3S. The minimum Gasteiger partial charge on any atom is -0.463 e. The number of carbonyl (C=O) groups excluding carboxylic acids is 2. The second kappa shape index (κ2) is 12.7. The lowest BCUT2D eigenvalue weighted by molar-refractivity contribution is -0.138. The predicted octanol–water partition coefficient (Wildman–Crippen LogP) is 6.37. The number of nitrogens with zero attached hydrogens (tertiary/aromatic N) is 1. The average Bonchev–Trinajstić information content (AvgIpc) is 2.85. The summed E-state index contributed by atoms with van der Waals surface area (Å²) in [6.07, 6.45) is 1.35. The summed E-state index contributed by atoms with van der Waals surface area (Å²) < 4.78 is 5.38. The summed E-state index contributed by atoms with van der Waals surface area (Å²) >= 11 is 7.77. The molecule has 0 radical (unpaired) electrons. The molecule has 0 aliphatic carbocycles. The SMILES string of the molecule is CCCC1=C(C(=O)OCC)C(c2ccccc2Cl)C(C#N)=C(SCC(=O)Nc2ccc(C)c(C)c2)N1. The van der Waals surface area contributed by atoms with Gasteiger partial charge in [0.1, 0.15) is 0 Å². The predicted molar refractivity (Wildman–Crippen MR) is 146 cm³/mol. The van der Waals surface area contributed by atoms with E-state index in [2.05, 4.69) is 16.7 Å². The number of rotatable bonds is 9. The Balaban J connectivity index is 1.96. The topological polar surface area (TPSA) is 91.2 Å². The molecule has 36 heavy (non-hydrogen) atoms. The number of allylic oxidation sites excluding steroid dienone is 2. The Hall–Kier alpha value is -3.21. The highest BCUT2D eigenvalue weighted by Crippen LogP contribution is 2.44. The minimum absolute atomic E-state index is 0.0871. The van der Waals surface area contributed by atoms with Gasteiger partial charge in [0.2, 0.25) is 5.91 Å². The van der Waals surface area contributed by atoms with Crippen LogP contribution in [0.2, 0.25) is 5.02 Å². The number of halogens is 1. The van der Waals surface area contributed by atoms with Crippen molar-refractivity contribution in [2.45, 2.75) is 46.5 Å². The van der Waals surface area contributed by atoms with Crippen LogP contribution < -0.4 is 10.6 Å². The van der Waals surface area contributed by atoms with Crippen molar-refractivity contribution in [1.29, 1.82) is 5.26 Å². The Morgan fingerprint density at radius 3 is 2.56 bits per heavy atom. The van der Waals surface area contributed by atoms with Crippen molar-refractivity contribution < 1.29 is 14.3 Å². The molecule has 2 N–H and O–H groups in total. The van der Waals surface area contributed by atoms with Crippen LogP contribution in [0.1, 0.15) is 49.3 Å². The Labute approximate surface area is 221 Å². The first-order valence-corrected chi connectivity index (χ1v) is 13.2. The fraction of sp³-hybridized carbons (Fsp3) is 0.321. The van der Waals surface area contributed by atoms with E-state index in [-0.39, 0.29) is 18.3 Å². The van der Waals surface area contributed by atoms with Gasteiger partial charge in [0, 0.05) is 16.4 Å². The molecule has 8 heteroatoms. The van der Waals surface area contributed by atoms with E-state index in [9.17, 15) is 14.9 Å². The molecule has 188 valence electrons. The average molecular weight is 524 g/mol. The summed E-state index contributed by atoms with van der Waals surface area (Å²) in [4.78, 5) is 25.8. The summed E-state index contributed by atoms with van der Waals surface area (Å²) in [5.74, 6) is -1.29. The summed E-state index contributed by atoms with van der Waals surface area (Å²) in [5.41, 5.74) is 4.99. The van der Waals surface area contributed by atoms with Gasteiger partial charge in [0.05, 0.1) is 40.5 Å². The Bertz CT molecular complexity index is 1260. The highest BCUT2D eigenvalue weighted by Gasteiger charge is 2.37. The number of carbonyl (C=O) groups is 2. The van der Waals surface area contributed by atoms with Crippen LogP contribution in [0, 0.1) is 25.2 Å². The molecule has 0 aromatic heterocycles. The normalized spacial score (nSPS) is 15.3. The van der Waals surface area contributed by atoms with Gasteiger partial charge in [-0.05, 0) is 62.1 Å². The first-order valence-electron chi connectivity index (χ1n) is 11.9. The molecule has 0 spiro atoms. The Morgan fingerprint density at radius 2 is 1.92 bits per heavy atom. The smallest absolute Gasteiger partial charge is 0.336 e. The second-order valence-corrected chi connectivity index (χ2v) is 9.83. The number of dihydropyridines is 1. The molecule has 0 saturated heterocycles. The largest absolute Gasteiger partial charge is 0.463 e. The van der Waals surface area contributed by atoms with Gasteiger partial charge < -0.3 is 15.4 Å². The summed E-state index contributed by atoms with van der Waals surface area (Å²) in [5, 5.41) is 17.4. The van der Waals surface area contributed by atoms with Gasteiger partial charge in [-0.2, -0.15) is 5.26 Å². The molecule has 6 nitrogen and oxygen atoms in total. The van der Waals surface area contributed by atoms with E-state index in [4.69, 9.17) is 16.3 Å². The third-order valence-corrected chi connectivity index (χ3v) is 7.24. The molecule has 2 aromatic carbocycles. The maximum absolute atomic E-state index is 13.1. The second-order valence-electron chi connectivity index (χ2n) is 8.43. The van der Waals surface area contributed by atoms with Gasteiger partial charge in [-0.1, -0.05) is 61.0 Å². The molecule has 1 atom stereocenters. The molecule has 1 amide bonds. The number of nitrogens with one attached hydrogen (secondary N) is 2. The number of thioether (sulfide) groups is 1. The third-order valence-electron chi connectivity index (χ3n) is 5.88. The number of hydrogen-bond acceptors (Lipinski definition) is 6. The number of nitriles is 1. The monoisotopic (exact) mass is 523 g/mol. The number of ether oxygens (including phenoxy) is 1. The number of aryl methyl sites for hydroxylation is 2. The fourth-order valence-corrected chi connectivity index (χ4v) is 5.13. The van der Waals surface area contributed by atoms with E-state index in [1.165, 1.54) is 11.8 Å². The highest BCUT2D eigenvalue weighted by molar-refractivity contribution is 8.03. The first-order chi connectivity index (χ1) is 17.3. The van der Waals surface area contributed by atoms with Crippen LogP contribution in [0.25, 0.3) is 0 Å². The van der Waals surface area contributed by atoms with Crippen LogP contribution in [-0.2, 0) is 14.3 Å². The van der Waals surface area contributed by atoms with E-state index in [0.29, 0.717) is 38.9 Å². The third kappa shape index (κ3) is 6.31. The van der Waals surface area contributed by atoms with E-state index in [1.54, 1.807) is 19.1 Å². The van der Waals surface area contributed by atoms with Crippen LogP contribution in [0.4, 0.5) is 5.69 Å². The van der Waals surface area contributed by atoms with E-state index >= 15 is 0 Å². The molecule has 0 saturated carbocycles. The molecule has 0 bridgehead atoms. The number of anilines is 1. The van der Waals surface area contributed by atoms with Crippen LogP contribution in [0.15, 0.2) is 64.3 Å². The highest BCUT2D eigenvalue weighted by atomic mass is 35.5. The molecule has 1 aliphatic rings. The van der Waals surface area contributed by atoms with Crippen molar-refractivity contribution in [1.82, 2.24) is 5.32 Å². The molecule has 2 aromatic rings. The number of hydrogen-bond donors (Lipinski definition) is 2. The zero-order valence-electron chi connectivity index (χ0n) is 20.9. The molecular weight excluding hydrogens is 494 g/mol. The van der Waals surface area contributed by atoms with Gasteiger partial charge in [-0.25, -0.2) is 4.79 Å². The first kappa shape index (κ1) is 27.4. The zero-order valence-corrected chi connectivity index (χ0v) is 22.5. The van der Waals surface area contributed by atoms with Gasteiger partial charge in [-0.15, -0.1) is 0 Å². The van der Waals surface area contributed by atoms with Crippen molar-refractivity contribution >= 4 is 40.9 Å². The van der Waals surface area contributed by atoms with Crippen LogP contribution >= 0.6 is 23.4 Å². The molecule has 3 rings (SSSR count). The van der Waals surface area contributed by atoms with Crippen molar-refractivity contribution in [3.05, 3.63) is 86.0 Å². The maximum atomic E-state index is 13.1.